The molecular weight excluding hydrogens is 352 g/mol. The van der Waals surface area contributed by atoms with Gasteiger partial charge in [0.05, 0.1) is 17.6 Å². The van der Waals surface area contributed by atoms with Gasteiger partial charge in [-0.3, -0.25) is 4.79 Å². The number of carbonyl (C=O) groups excluding carboxylic acids is 1. The van der Waals surface area contributed by atoms with Crippen LogP contribution in [0, 0.1) is 6.92 Å². The van der Waals surface area contributed by atoms with Crippen LogP contribution in [0.3, 0.4) is 0 Å². The number of nitrogens with zero attached hydrogens (tertiary/aromatic N) is 2. The molecule has 0 N–H and O–H groups in total. The van der Waals surface area contributed by atoms with Crippen LogP contribution >= 0.6 is 0 Å². The Morgan fingerprint density at radius 3 is 2.62 bits per heavy atom. The number of rotatable bonds is 4. The third-order valence-electron chi connectivity index (χ3n) is 5.27. The first-order valence-electron chi connectivity index (χ1n) is 9.45. The maximum atomic E-state index is 13.0. The molecular formula is C19H28N2O4S. The third-order valence-corrected chi connectivity index (χ3v) is 7.17. The van der Waals surface area contributed by atoms with Crippen molar-refractivity contribution in [2.24, 2.45) is 0 Å². The first-order chi connectivity index (χ1) is 12.4. The van der Waals surface area contributed by atoms with Gasteiger partial charge in [-0.05, 0) is 43.9 Å². The molecule has 1 aromatic rings. The van der Waals surface area contributed by atoms with E-state index in [1.54, 1.807) is 23.1 Å². The molecule has 1 unspecified atom stereocenters. The van der Waals surface area contributed by atoms with Crippen LogP contribution in [0.15, 0.2) is 23.1 Å². The zero-order valence-corrected chi connectivity index (χ0v) is 16.4. The molecule has 0 aromatic heterocycles. The number of piperidine rings is 1. The summed E-state index contributed by atoms with van der Waals surface area (Å²) in [6.45, 7) is 6.62. The maximum Gasteiger partial charge on any atom is 0.254 e. The molecule has 0 bridgehead atoms. The highest BCUT2D eigenvalue weighted by Gasteiger charge is 2.29. The second kappa shape index (κ2) is 8.06. The molecule has 2 saturated heterocycles. The van der Waals surface area contributed by atoms with Crippen LogP contribution in [-0.2, 0) is 14.8 Å². The van der Waals surface area contributed by atoms with Gasteiger partial charge in [0, 0.05) is 31.7 Å². The summed E-state index contributed by atoms with van der Waals surface area (Å²) in [6.07, 6.45) is 3.76. The number of sulfonamides is 1. The number of morpholine rings is 1. The quantitative estimate of drug-likeness (QED) is 0.805. The topological polar surface area (TPSA) is 66.9 Å². The molecule has 26 heavy (non-hydrogen) atoms. The van der Waals surface area contributed by atoms with Crippen LogP contribution in [0.2, 0.25) is 0 Å². The van der Waals surface area contributed by atoms with Crippen molar-refractivity contribution in [1.29, 1.82) is 0 Å². The van der Waals surface area contributed by atoms with Crippen LogP contribution < -0.4 is 0 Å². The second-order valence-electron chi connectivity index (χ2n) is 7.09. The van der Waals surface area contributed by atoms with Crippen molar-refractivity contribution in [3.05, 3.63) is 29.3 Å². The van der Waals surface area contributed by atoms with E-state index in [1.807, 2.05) is 13.8 Å². The normalized spacial score (nSPS) is 22.4. The molecule has 0 radical (unpaired) electrons. The largest absolute Gasteiger partial charge is 0.375 e. The van der Waals surface area contributed by atoms with Crippen molar-refractivity contribution in [2.45, 2.75) is 50.5 Å². The van der Waals surface area contributed by atoms with Crippen molar-refractivity contribution in [3.8, 4) is 0 Å². The van der Waals surface area contributed by atoms with Gasteiger partial charge >= 0.3 is 0 Å². The second-order valence-corrected chi connectivity index (χ2v) is 9.03. The van der Waals surface area contributed by atoms with Gasteiger partial charge in [-0.1, -0.05) is 19.4 Å². The molecule has 7 heteroatoms. The smallest absolute Gasteiger partial charge is 0.254 e. The zero-order valence-electron chi connectivity index (χ0n) is 15.6. The van der Waals surface area contributed by atoms with Crippen molar-refractivity contribution >= 4 is 15.9 Å². The first kappa shape index (κ1) is 19.3. The summed E-state index contributed by atoms with van der Waals surface area (Å²) in [5.74, 6) is -0.111. The molecule has 6 nitrogen and oxygen atoms in total. The Bertz CT molecular complexity index is 757. The lowest BCUT2D eigenvalue weighted by Gasteiger charge is -2.33. The Kier molecular flexibility index (Phi) is 5.99. The molecule has 2 aliphatic rings. The fourth-order valence-electron chi connectivity index (χ4n) is 3.57. The summed E-state index contributed by atoms with van der Waals surface area (Å²) in [5.41, 5.74) is 1.27. The van der Waals surface area contributed by atoms with Crippen molar-refractivity contribution in [3.63, 3.8) is 0 Å². The maximum absolute atomic E-state index is 13.0. The van der Waals surface area contributed by atoms with E-state index < -0.39 is 10.0 Å². The van der Waals surface area contributed by atoms with E-state index in [0.29, 0.717) is 38.3 Å². The molecule has 0 saturated carbocycles. The van der Waals surface area contributed by atoms with Gasteiger partial charge in [-0.25, -0.2) is 8.42 Å². The fourth-order valence-corrected chi connectivity index (χ4v) is 5.11. The van der Waals surface area contributed by atoms with Gasteiger partial charge in [-0.15, -0.1) is 0 Å². The minimum Gasteiger partial charge on any atom is -0.375 e. The standard InChI is InChI=1S/C19H28N2O4S/c1-3-16-14-20(11-12-25-16)19(22)18-13-17(8-7-15(18)2)26(23,24)21-9-5-4-6-10-21/h7-8,13,16H,3-6,9-12,14H2,1-2H3. The first-order valence-corrected chi connectivity index (χ1v) is 10.9. The fraction of sp³-hybridized carbons (Fsp3) is 0.632. The number of amides is 1. The van der Waals surface area contributed by atoms with Crippen molar-refractivity contribution in [1.82, 2.24) is 9.21 Å². The van der Waals surface area contributed by atoms with Gasteiger partial charge in [-0.2, -0.15) is 4.31 Å². The molecule has 0 spiro atoms. The van der Waals surface area contributed by atoms with Crippen molar-refractivity contribution in [2.75, 3.05) is 32.8 Å². The predicted molar refractivity (Wildman–Crippen MR) is 99.7 cm³/mol. The lowest BCUT2D eigenvalue weighted by molar-refractivity contribution is -0.0226. The molecule has 1 atom stereocenters. The molecule has 2 aliphatic heterocycles. The van der Waals surface area contributed by atoms with Crippen LogP contribution in [0.1, 0.15) is 48.5 Å². The number of benzene rings is 1. The van der Waals surface area contributed by atoms with Crippen molar-refractivity contribution < 1.29 is 17.9 Å². The summed E-state index contributed by atoms with van der Waals surface area (Å²) in [7, 11) is -3.54. The summed E-state index contributed by atoms with van der Waals surface area (Å²) in [5, 5.41) is 0. The lowest BCUT2D eigenvalue weighted by atomic mass is 10.1. The van der Waals surface area contributed by atoms with E-state index in [-0.39, 0.29) is 16.9 Å². The van der Waals surface area contributed by atoms with Gasteiger partial charge in [0.15, 0.2) is 0 Å². The highest BCUT2D eigenvalue weighted by atomic mass is 32.2. The number of aryl methyl sites for hydroxylation is 1. The van der Waals surface area contributed by atoms with Gasteiger partial charge < -0.3 is 9.64 Å². The summed E-state index contributed by atoms with van der Waals surface area (Å²) < 4.78 is 33.0. The van der Waals surface area contributed by atoms with E-state index in [0.717, 1.165) is 31.2 Å². The number of hydrogen-bond acceptors (Lipinski definition) is 4. The number of carbonyl (C=O) groups is 1. The summed E-state index contributed by atoms with van der Waals surface area (Å²) >= 11 is 0. The van der Waals surface area contributed by atoms with E-state index in [4.69, 9.17) is 4.74 Å². The van der Waals surface area contributed by atoms with Gasteiger partial charge in [0.2, 0.25) is 10.0 Å². The molecule has 0 aliphatic carbocycles. The molecule has 1 amide bonds. The number of hydrogen-bond donors (Lipinski definition) is 0. The third kappa shape index (κ3) is 3.94. The molecule has 144 valence electrons. The van der Waals surface area contributed by atoms with E-state index >= 15 is 0 Å². The summed E-state index contributed by atoms with van der Waals surface area (Å²) in [6, 6.07) is 4.91. The highest BCUT2D eigenvalue weighted by molar-refractivity contribution is 7.89. The van der Waals surface area contributed by atoms with E-state index in [2.05, 4.69) is 0 Å². The Hall–Kier alpha value is -1.44. The highest BCUT2D eigenvalue weighted by Crippen LogP contribution is 2.24. The Morgan fingerprint density at radius 2 is 1.92 bits per heavy atom. The predicted octanol–water partition coefficient (Wildman–Crippen LogP) is 2.42. The van der Waals surface area contributed by atoms with E-state index in [1.165, 1.54) is 4.31 Å². The summed E-state index contributed by atoms with van der Waals surface area (Å²) in [4.78, 5) is 15.0. The Balaban J connectivity index is 1.86. The molecule has 3 rings (SSSR count). The average molecular weight is 381 g/mol. The lowest BCUT2D eigenvalue weighted by Crippen LogP contribution is -2.45. The molecule has 1 aromatic carbocycles. The Labute approximate surface area is 156 Å². The van der Waals surface area contributed by atoms with Crippen LogP contribution in [-0.4, -0.2) is 62.4 Å². The van der Waals surface area contributed by atoms with Gasteiger partial charge in [0.1, 0.15) is 0 Å². The number of ether oxygens (including phenoxy) is 1. The van der Waals surface area contributed by atoms with E-state index in [9.17, 15) is 13.2 Å². The minimum atomic E-state index is -3.54. The molecule has 2 heterocycles. The van der Waals surface area contributed by atoms with Crippen LogP contribution in [0.4, 0.5) is 0 Å². The van der Waals surface area contributed by atoms with Crippen LogP contribution in [0.5, 0.6) is 0 Å². The minimum absolute atomic E-state index is 0.0493. The average Bonchev–Trinajstić information content (AvgIpc) is 2.68. The van der Waals surface area contributed by atoms with Gasteiger partial charge in [0.25, 0.3) is 5.91 Å². The monoisotopic (exact) mass is 380 g/mol. The van der Waals surface area contributed by atoms with Crippen LogP contribution in [0.25, 0.3) is 0 Å². The zero-order chi connectivity index (χ0) is 18.7. The Morgan fingerprint density at radius 1 is 1.19 bits per heavy atom. The molecule has 2 fully saturated rings. The SMILES string of the molecule is CCC1CN(C(=O)c2cc(S(=O)(=O)N3CCCCC3)ccc2C)CCO1.